The van der Waals surface area contributed by atoms with Crippen molar-refractivity contribution in [2.75, 3.05) is 13.1 Å². The van der Waals surface area contributed by atoms with Crippen LogP contribution in [0.4, 0.5) is 4.39 Å². The van der Waals surface area contributed by atoms with Crippen molar-refractivity contribution in [3.05, 3.63) is 100 Å². The highest BCUT2D eigenvalue weighted by Gasteiger charge is 2.23. The first-order chi connectivity index (χ1) is 18.7. The van der Waals surface area contributed by atoms with Gasteiger partial charge in [-0.2, -0.15) is 0 Å². The van der Waals surface area contributed by atoms with Gasteiger partial charge in [0.2, 0.25) is 21.8 Å². The quantitative estimate of drug-likeness (QED) is 0.204. The summed E-state index contributed by atoms with van der Waals surface area (Å²) in [5, 5.41) is 6.55. The highest BCUT2D eigenvalue weighted by atomic mass is 35.5. The van der Waals surface area contributed by atoms with Gasteiger partial charge in [-0.15, -0.1) is 11.3 Å². The molecule has 2 amide bonds. The van der Waals surface area contributed by atoms with Gasteiger partial charge in [-0.1, -0.05) is 60.1 Å². The molecule has 0 saturated carbocycles. The van der Waals surface area contributed by atoms with Crippen molar-refractivity contribution in [3.63, 3.8) is 0 Å². The zero-order chi connectivity index (χ0) is 27.8. The van der Waals surface area contributed by atoms with Crippen LogP contribution in [0.25, 0.3) is 10.1 Å². The van der Waals surface area contributed by atoms with E-state index in [2.05, 4.69) is 15.4 Å². The fourth-order valence-corrected chi connectivity index (χ4v) is 6.65. The Kier molecular flexibility index (Phi) is 9.68. The number of halogens is 2. The predicted octanol–water partition coefficient (Wildman–Crippen LogP) is 4.97. The molecule has 0 unspecified atom stereocenters. The third kappa shape index (κ3) is 7.86. The van der Waals surface area contributed by atoms with E-state index in [-0.39, 0.29) is 41.2 Å². The Balaban J connectivity index is 1.28. The van der Waals surface area contributed by atoms with Gasteiger partial charge in [-0.3, -0.25) is 9.59 Å². The molecule has 3 aromatic carbocycles. The van der Waals surface area contributed by atoms with E-state index in [1.165, 1.54) is 0 Å². The van der Waals surface area contributed by atoms with Crippen molar-refractivity contribution in [1.82, 2.24) is 15.4 Å². The fourth-order valence-electron chi connectivity index (χ4n) is 3.98. The molecule has 7 nitrogen and oxygen atoms in total. The first kappa shape index (κ1) is 28.7. The van der Waals surface area contributed by atoms with E-state index >= 15 is 0 Å². The monoisotopic (exact) mass is 587 g/mol. The zero-order valence-corrected chi connectivity index (χ0v) is 23.2. The van der Waals surface area contributed by atoms with Crippen LogP contribution in [0.15, 0.2) is 83.8 Å². The molecule has 0 spiro atoms. The molecule has 4 rings (SSSR count). The van der Waals surface area contributed by atoms with E-state index in [4.69, 9.17) is 11.6 Å². The Morgan fingerprint density at radius 1 is 0.923 bits per heavy atom. The Labute approximate surface area is 235 Å². The Hall–Kier alpha value is -3.31. The lowest BCUT2D eigenvalue weighted by molar-refractivity contribution is -0.128. The molecule has 0 aliphatic rings. The van der Waals surface area contributed by atoms with Gasteiger partial charge in [0, 0.05) is 22.7 Å². The number of sulfonamides is 1. The van der Waals surface area contributed by atoms with Crippen LogP contribution in [0.3, 0.4) is 0 Å². The van der Waals surface area contributed by atoms with Gasteiger partial charge in [-0.25, -0.2) is 17.5 Å². The molecule has 0 aliphatic heterocycles. The van der Waals surface area contributed by atoms with Crippen LogP contribution >= 0.6 is 22.9 Å². The van der Waals surface area contributed by atoms with E-state index in [9.17, 15) is 22.4 Å². The second-order valence-corrected chi connectivity index (χ2v) is 12.1. The largest absolute Gasteiger partial charge is 0.354 e. The molecule has 0 fully saturated rings. The third-order valence-corrected chi connectivity index (χ3v) is 8.95. The number of amides is 2. The molecule has 39 heavy (non-hydrogen) atoms. The number of hydrogen-bond donors (Lipinski definition) is 3. The summed E-state index contributed by atoms with van der Waals surface area (Å²) in [6.45, 7) is 0.396. The minimum atomic E-state index is -3.89. The highest BCUT2D eigenvalue weighted by Crippen LogP contribution is 2.26. The molecule has 3 N–H and O–H groups in total. The smallest absolute Gasteiger partial charge is 0.247 e. The summed E-state index contributed by atoms with van der Waals surface area (Å²) in [7, 11) is -3.89. The Bertz CT molecular complexity index is 1530. The van der Waals surface area contributed by atoms with Gasteiger partial charge in [0.05, 0.1) is 11.4 Å². The van der Waals surface area contributed by atoms with Crippen LogP contribution in [0.2, 0.25) is 5.02 Å². The average molecular weight is 588 g/mol. The van der Waals surface area contributed by atoms with E-state index < -0.39 is 21.9 Å². The van der Waals surface area contributed by atoms with Crippen LogP contribution in [-0.4, -0.2) is 33.3 Å². The fraction of sp³-hybridized carbons (Fsp3) is 0.214. The lowest BCUT2D eigenvalue weighted by Gasteiger charge is -2.19. The van der Waals surface area contributed by atoms with Crippen molar-refractivity contribution in [3.8, 4) is 0 Å². The minimum absolute atomic E-state index is 0.111. The van der Waals surface area contributed by atoms with Crippen molar-refractivity contribution >= 4 is 54.9 Å². The van der Waals surface area contributed by atoms with Gasteiger partial charge in [0.15, 0.2) is 0 Å². The van der Waals surface area contributed by atoms with Gasteiger partial charge >= 0.3 is 0 Å². The molecule has 0 saturated heterocycles. The van der Waals surface area contributed by atoms with Crippen molar-refractivity contribution in [2.24, 2.45) is 0 Å². The maximum Gasteiger partial charge on any atom is 0.247 e. The summed E-state index contributed by atoms with van der Waals surface area (Å²) in [4.78, 5) is 26.6. The van der Waals surface area contributed by atoms with Gasteiger partial charge in [0.1, 0.15) is 16.8 Å². The average Bonchev–Trinajstić information content (AvgIpc) is 3.31. The zero-order valence-electron chi connectivity index (χ0n) is 20.8. The summed E-state index contributed by atoms with van der Waals surface area (Å²) >= 11 is 7.40. The van der Waals surface area contributed by atoms with Crippen LogP contribution < -0.4 is 15.4 Å². The lowest BCUT2D eigenvalue weighted by atomic mass is 10.1. The number of nitrogens with one attached hydrogen (secondary N) is 3. The SMILES string of the molecule is O=C(Cc1cc2ccccc2s1)N[C@H](C(=O)NCCCCNS(=O)(=O)c1ccc(F)cc1Cl)c1ccccc1. The Morgan fingerprint density at radius 2 is 1.64 bits per heavy atom. The maximum atomic E-state index is 13.2. The molecule has 204 valence electrons. The van der Waals surface area contributed by atoms with Gasteiger partial charge in [0.25, 0.3) is 0 Å². The van der Waals surface area contributed by atoms with Crippen LogP contribution in [0.5, 0.6) is 0 Å². The number of fused-ring (bicyclic) bond motifs is 1. The van der Waals surface area contributed by atoms with Crippen LogP contribution in [0.1, 0.15) is 29.3 Å². The highest BCUT2D eigenvalue weighted by molar-refractivity contribution is 7.89. The second-order valence-electron chi connectivity index (χ2n) is 8.81. The predicted molar refractivity (Wildman–Crippen MR) is 152 cm³/mol. The first-order valence-electron chi connectivity index (χ1n) is 12.3. The topological polar surface area (TPSA) is 104 Å². The second kappa shape index (κ2) is 13.2. The molecule has 1 atom stereocenters. The standard InChI is InChI=1S/C28H27ClFN3O4S2/c29-23-17-21(30)12-13-25(23)39(36,37)32-15-7-6-14-31-28(35)27(19-8-2-1-3-9-19)33-26(34)18-22-16-20-10-4-5-11-24(20)38-22/h1-5,8-13,16-17,27,32H,6-7,14-15,18H2,(H,31,35)(H,33,34)/t27-/m0/s1. The minimum Gasteiger partial charge on any atom is -0.354 e. The number of unbranched alkanes of at least 4 members (excludes halogenated alkanes) is 1. The van der Waals surface area contributed by atoms with Crippen molar-refractivity contribution < 1.29 is 22.4 Å². The molecule has 0 bridgehead atoms. The summed E-state index contributed by atoms with van der Waals surface area (Å²) in [5.41, 5.74) is 0.656. The molecule has 0 radical (unpaired) electrons. The summed E-state index contributed by atoms with van der Waals surface area (Å²) in [6, 6.07) is 21.1. The molecule has 11 heteroatoms. The number of benzene rings is 3. The molecular formula is C28H27ClFN3O4S2. The molecule has 1 aromatic heterocycles. The van der Waals surface area contributed by atoms with Crippen molar-refractivity contribution in [2.45, 2.75) is 30.2 Å². The summed E-state index contributed by atoms with van der Waals surface area (Å²) in [5.74, 6) is -1.25. The van der Waals surface area contributed by atoms with E-state index in [0.29, 0.717) is 18.4 Å². The molecular weight excluding hydrogens is 561 g/mol. The van der Waals surface area contributed by atoms with Gasteiger partial charge in [-0.05, 0) is 54.1 Å². The maximum absolute atomic E-state index is 13.2. The number of carbonyl (C=O) groups excluding carboxylic acids is 2. The van der Waals surface area contributed by atoms with E-state index in [1.54, 1.807) is 35.6 Å². The number of hydrogen-bond acceptors (Lipinski definition) is 5. The lowest BCUT2D eigenvalue weighted by Crippen LogP contribution is -2.41. The first-order valence-corrected chi connectivity index (χ1v) is 14.9. The Morgan fingerprint density at radius 3 is 2.38 bits per heavy atom. The van der Waals surface area contributed by atoms with Crippen molar-refractivity contribution in [1.29, 1.82) is 0 Å². The summed E-state index contributed by atoms with van der Waals surface area (Å²) in [6.07, 6.45) is 1.09. The number of rotatable bonds is 12. The van der Waals surface area contributed by atoms with Crippen LogP contribution in [0, 0.1) is 5.82 Å². The molecule has 0 aliphatic carbocycles. The number of carbonyl (C=O) groups is 2. The van der Waals surface area contributed by atoms with E-state index in [1.807, 2.05) is 36.4 Å². The van der Waals surface area contributed by atoms with Gasteiger partial charge < -0.3 is 10.6 Å². The normalized spacial score (nSPS) is 12.3. The summed E-state index contributed by atoms with van der Waals surface area (Å²) < 4.78 is 41.6. The number of thiophene rings is 1. The molecule has 1 heterocycles. The molecule has 4 aromatic rings. The van der Waals surface area contributed by atoms with Crippen LogP contribution in [-0.2, 0) is 26.0 Å². The third-order valence-electron chi connectivity index (χ3n) is 5.89. The van der Waals surface area contributed by atoms with E-state index in [0.717, 1.165) is 33.2 Å².